The van der Waals surface area contributed by atoms with Crippen molar-refractivity contribution in [3.63, 3.8) is 0 Å². The van der Waals surface area contributed by atoms with E-state index in [4.69, 9.17) is 20.3 Å². The summed E-state index contributed by atoms with van der Waals surface area (Å²) < 4.78 is 10.5. The van der Waals surface area contributed by atoms with Crippen molar-refractivity contribution in [1.82, 2.24) is 0 Å². The van der Waals surface area contributed by atoms with E-state index in [0.717, 1.165) is 18.4 Å². The molecule has 188 valence electrons. The van der Waals surface area contributed by atoms with Crippen molar-refractivity contribution in [2.45, 2.75) is 63.5 Å². The van der Waals surface area contributed by atoms with Gasteiger partial charge in [0.25, 0.3) is 0 Å². The van der Waals surface area contributed by atoms with Crippen molar-refractivity contribution < 1.29 is 29.3 Å². The molecule has 0 aliphatic heterocycles. The molecule has 1 aliphatic carbocycles. The zero-order chi connectivity index (χ0) is 26.0. The average Bonchev–Trinajstić information content (AvgIpc) is 2.80. The number of nitrogens with zero attached hydrogens (tertiary/aromatic N) is 1. The Hall–Kier alpha value is -3.46. The number of phenols is 1. The molecule has 0 saturated heterocycles. The Kier molecular flexibility index (Phi) is 7.50. The Bertz CT molecular complexity index is 1130. The predicted molar refractivity (Wildman–Crippen MR) is 130 cm³/mol. The zero-order valence-corrected chi connectivity index (χ0v) is 20.4. The quantitative estimate of drug-likeness (QED) is 0.354. The minimum Gasteiger partial charge on any atom is -0.507 e. The number of hydrogen-bond donors (Lipinski definition) is 3. The largest absolute Gasteiger partial charge is 0.507 e. The maximum atomic E-state index is 12.1. The summed E-state index contributed by atoms with van der Waals surface area (Å²) in [5, 5.41) is 22.2. The lowest BCUT2D eigenvalue weighted by Crippen LogP contribution is -2.35. The minimum atomic E-state index is -1.36. The summed E-state index contributed by atoms with van der Waals surface area (Å²) in [6.07, 6.45) is 2.13. The van der Waals surface area contributed by atoms with Gasteiger partial charge in [-0.15, -0.1) is 0 Å². The second kappa shape index (κ2) is 10.0. The molecular formula is C26H32N2O7. The van der Waals surface area contributed by atoms with Gasteiger partial charge < -0.3 is 25.4 Å². The highest BCUT2D eigenvalue weighted by atomic mass is 16.5. The second-order valence-corrected chi connectivity index (χ2v) is 10.2. The van der Waals surface area contributed by atoms with E-state index < -0.39 is 36.4 Å². The topological polar surface area (TPSA) is 149 Å². The molecule has 0 aromatic heterocycles. The molecule has 0 amide bonds. The van der Waals surface area contributed by atoms with Crippen LogP contribution in [-0.4, -0.2) is 41.4 Å². The molecule has 9 heteroatoms. The molecule has 3 rings (SSSR count). The monoisotopic (exact) mass is 484 g/mol. The molecule has 2 aromatic rings. The van der Waals surface area contributed by atoms with Gasteiger partial charge in [0.05, 0.1) is 0 Å². The number of carboxylic acids is 1. The molecular weight excluding hydrogens is 452 g/mol. The van der Waals surface area contributed by atoms with Gasteiger partial charge in [-0.25, -0.2) is 4.79 Å². The first-order valence-corrected chi connectivity index (χ1v) is 11.4. The van der Waals surface area contributed by atoms with Crippen LogP contribution in [0.3, 0.4) is 0 Å². The number of esters is 1. The van der Waals surface area contributed by atoms with Gasteiger partial charge in [0.2, 0.25) is 0 Å². The molecule has 0 radical (unpaired) electrons. The highest BCUT2D eigenvalue weighted by molar-refractivity contribution is 5.92. The molecule has 0 fully saturated rings. The fourth-order valence-corrected chi connectivity index (χ4v) is 4.26. The van der Waals surface area contributed by atoms with Crippen molar-refractivity contribution in [2.24, 2.45) is 10.9 Å². The summed E-state index contributed by atoms with van der Waals surface area (Å²) >= 11 is 0. The maximum Gasteiger partial charge on any atom is 0.341 e. The SMILES string of the molecule is CC1(C)CCC(C)(C)c2cc(C(COc3ccc(C(=O)OCC(N)C(=O)O)c(O)c3)N=O)ccc21. The number of ether oxygens (including phenoxy) is 2. The first-order valence-electron chi connectivity index (χ1n) is 11.4. The van der Waals surface area contributed by atoms with Crippen molar-refractivity contribution in [3.05, 3.63) is 63.6 Å². The van der Waals surface area contributed by atoms with E-state index in [1.165, 1.54) is 29.3 Å². The van der Waals surface area contributed by atoms with Gasteiger partial charge in [-0.1, -0.05) is 51.1 Å². The average molecular weight is 485 g/mol. The van der Waals surface area contributed by atoms with Gasteiger partial charge in [0, 0.05) is 6.07 Å². The number of fused-ring (bicyclic) bond motifs is 1. The molecule has 2 aromatic carbocycles. The molecule has 4 N–H and O–H groups in total. The number of aliphatic carboxylic acids is 1. The zero-order valence-electron chi connectivity index (χ0n) is 20.4. The molecule has 9 nitrogen and oxygen atoms in total. The Morgan fingerprint density at radius 1 is 1.03 bits per heavy atom. The van der Waals surface area contributed by atoms with E-state index in [2.05, 4.69) is 38.9 Å². The van der Waals surface area contributed by atoms with Gasteiger partial charge in [-0.05, 0) is 52.5 Å². The Morgan fingerprint density at radius 2 is 1.69 bits per heavy atom. The normalized spacial score (nSPS) is 17.5. The van der Waals surface area contributed by atoms with E-state index in [9.17, 15) is 19.6 Å². The number of nitroso groups, excluding NO2 is 1. The van der Waals surface area contributed by atoms with Gasteiger partial charge in [0.15, 0.2) is 6.04 Å². The molecule has 0 spiro atoms. The number of phenolic OH excluding ortho intramolecular Hbond substituents is 1. The highest BCUT2D eigenvalue weighted by Gasteiger charge is 2.37. The van der Waals surface area contributed by atoms with Gasteiger partial charge in [-0.3, -0.25) is 4.79 Å². The number of hydrogen-bond acceptors (Lipinski definition) is 8. The Labute approximate surface area is 204 Å². The third-order valence-electron chi connectivity index (χ3n) is 6.70. The van der Waals surface area contributed by atoms with Gasteiger partial charge in [-0.2, -0.15) is 4.91 Å². The summed E-state index contributed by atoms with van der Waals surface area (Å²) in [6.45, 7) is 8.28. The first-order chi connectivity index (χ1) is 16.4. The molecule has 0 saturated carbocycles. The van der Waals surface area contributed by atoms with Crippen LogP contribution >= 0.6 is 0 Å². The van der Waals surface area contributed by atoms with Crippen LogP contribution in [0.1, 0.15) is 73.6 Å². The molecule has 0 bridgehead atoms. The summed E-state index contributed by atoms with van der Waals surface area (Å²) in [4.78, 5) is 34.5. The van der Waals surface area contributed by atoms with Crippen molar-refractivity contribution >= 4 is 11.9 Å². The van der Waals surface area contributed by atoms with E-state index >= 15 is 0 Å². The van der Waals surface area contributed by atoms with Crippen molar-refractivity contribution in [2.75, 3.05) is 13.2 Å². The van der Waals surface area contributed by atoms with E-state index in [-0.39, 0.29) is 28.7 Å². The lowest BCUT2D eigenvalue weighted by atomic mass is 9.63. The number of aromatic hydroxyl groups is 1. The smallest absolute Gasteiger partial charge is 0.341 e. The van der Waals surface area contributed by atoms with Crippen molar-refractivity contribution in [3.8, 4) is 11.5 Å². The van der Waals surface area contributed by atoms with Gasteiger partial charge >= 0.3 is 11.9 Å². The van der Waals surface area contributed by atoms with E-state index in [0.29, 0.717) is 0 Å². The fourth-order valence-electron chi connectivity index (χ4n) is 4.26. The molecule has 1 aliphatic rings. The third-order valence-corrected chi connectivity index (χ3v) is 6.70. The number of nitrogens with two attached hydrogens (primary N) is 1. The van der Waals surface area contributed by atoms with E-state index in [1.54, 1.807) is 0 Å². The van der Waals surface area contributed by atoms with Crippen LogP contribution in [0.25, 0.3) is 0 Å². The summed E-state index contributed by atoms with van der Waals surface area (Å²) in [5.41, 5.74) is 8.43. The summed E-state index contributed by atoms with van der Waals surface area (Å²) in [5.74, 6) is -2.41. The van der Waals surface area contributed by atoms with Crippen LogP contribution in [0.2, 0.25) is 0 Å². The Balaban J connectivity index is 1.71. The number of carboxylic acid groups (broad SMARTS) is 1. The molecule has 2 unspecified atom stereocenters. The number of carbonyl (C=O) groups excluding carboxylic acids is 1. The lowest BCUT2D eigenvalue weighted by molar-refractivity contribution is -0.139. The highest BCUT2D eigenvalue weighted by Crippen LogP contribution is 2.46. The number of benzene rings is 2. The van der Waals surface area contributed by atoms with Crippen LogP contribution in [-0.2, 0) is 20.4 Å². The van der Waals surface area contributed by atoms with Crippen LogP contribution < -0.4 is 10.5 Å². The summed E-state index contributed by atoms with van der Waals surface area (Å²) in [6, 6.07) is 7.85. The lowest BCUT2D eigenvalue weighted by Gasteiger charge is -2.42. The summed E-state index contributed by atoms with van der Waals surface area (Å²) in [7, 11) is 0. The number of rotatable bonds is 9. The molecule has 0 heterocycles. The van der Waals surface area contributed by atoms with Crippen LogP contribution in [0.4, 0.5) is 0 Å². The van der Waals surface area contributed by atoms with Crippen LogP contribution in [0.15, 0.2) is 41.6 Å². The first kappa shape index (κ1) is 26.2. The Morgan fingerprint density at radius 3 is 2.29 bits per heavy atom. The van der Waals surface area contributed by atoms with Crippen LogP contribution in [0.5, 0.6) is 11.5 Å². The molecule has 35 heavy (non-hydrogen) atoms. The predicted octanol–water partition coefficient (Wildman–Crippen LogP) is 4.20. The fraction of sp³-hybridized carbons (Fsp3) is 0.462. The van der Waals surface area contributed by atoms with Crippen LogP contribution in [0, 0.1) is 4.91 Å². The van der Waals surface area contributed by atoms with Crippen molar-refractivity contribution in [1.29, 1.82) is 0 Å². The second-order valence-electron chi connectivity index (χ2n) is 10.2. The standard InChI is InChI=1S/C26H32N2O7/c1-25(2)9-10-26(3,4)19-11-15(5-8-18(19)25)21(28-33)14-34-16-6-7-17(22(29)12-16)24(32)35-13-20(27)23(30)31/h5-8,11-12,20-21,29H,9-10,13-14,27H2,1-4H3,(H,30,31). The minimum absolute atomic E-state index is 0.0141. The van der Waals surface area contributed by atoms with E-state index in [1.807, 2.05) is 12.1 Å². The maximum absolute atomic E-state index is 12.1. The third kappa shape index (κ3) is 5.79. The number of carbonyl (C=O) groups is 2. The molecule has 2 atom stereocenters. The van der Waals surface area contributed by atoms with Gasteiger partial charge in [0.1, 0.15) is 36.3 Å².